The third-order valence-corrected chi connectivity index (χ3v) is 8.08. The fourth-order valence-electron chi connectivity index (χ4n) is 6.01. The number of hydrogen-bond acceptors (Lipinski definition) is 1. The van der Waals surface area contributed by atoms with Crippen molar-refractivity contribution in [3.63, 3.8) is 0 Å². The first kappa shape index (κ1) is 23.0. The fourth-order valence-corrected chi connectivity index (χ4v) is 6.01. The van der Waals surface area contributed by atoms with Crippen molar-refractivity contribution in [2.24, 2.45) is 5.92 Å². The number of fused-ring (bicyclic) bond motifs is 1. The molecule has 170 valence electrons. The Morgan fingerprint density at radius 3 is 2.22 bits per heavy atom. The Balaban J connectivity index is 1.29. The summed E-state index contributed by atoms with van der Waals surface area (Å²) in [7, 11) is 0. The van der Waals surface area contributed by atoms with E-state index in [1.807, 2.05) is 6.07 Å². The molecular weight excluding hydrogens is 393 g/mol. The van der Waals surface area contributed by atoms with Gasteiger partial charge in [-0.2, -0.15) is 5.26 Å². The van der Waals surface area contributed by atoms with Gasteiger partial charge in [0, 0.05) is 0 Å². The Hall–Kier alpha value is -2.14. The molecule has 0 N–H and O–H groups in total. The van der Waals surface area contributed by atoms with Crippen LogP contribution < -0.4 is 0 Å². The van der Waals surface area contributed by atoms with E-state index in [2.05, 4.69) is 31.2 Å². The van der Waals surface area contributed by atoms with Crippen LogP contribution in [0.1, 0.15) is 117 Å². The first-order chi connectivity index (χ1) is 15.7. The van der Waals surface area contributed by atoms with E-state index in [1.165, 1.54) is 75.3 Å². The van der Waals surface area contributed by atoms with Crippen LogP contribution in [-0.4, -0.2) is 0 Å². The van der Waals surface area contributed by atoms with Gasteiger partial charge in [0.25, 0.3) is 0 Å². The van der Waals surface area contributed by atoms with E-state index in [0.717, 1.165) is 42.2 Å². The molecule has 1 atom stereocenters. The summed E-state index contributed by atoms with van der Waals surface area (Å²) in [6, 6.07) is 14.7. The third kappa shape index (κ3) is 5.61. The van der Waals surface area contributed by atoms with Crippen LogP contribution in [0.25, 0.3) is 0 Å². The van der Waals surface area contributed by atoms with Crippen molar-refractivity contribution in [2.75, 3.05) is 0 Å². The maximum atomic E-state index is 14.1. The van der Waals surface area contributed by atoms with Gasteiger partial charge in [0.15, 0.2) is 0 Å². The van der Waals surface area contributed by atoms with Gasteiger partial charge < -0.3 is 0 Å². The van der Waals surface area contributed by atoms with Crippen LogP contribution >= 0.6 is 0 Å². The van der Waals surface area contributed by atoms with Crippen LogP contribution in [0.5, 0.6) is 0 Å². The Morgan fingerprint density at radius 1 is 0.844 bits per heavy atom. The molecule has 2 aromatic rings. The summed E-state index contributed by atoms with van der Waals surface area (Å²) in [5.41, 5.74) is 5.30. The summed E-state index contributed by atoms with van der Waals surface area (Å²) in [5.74, 6) is 1.76. The van der Waals surface area contributed by atoms with Crippen molar-refractivity contribution in [3.8, 4) is 6.07 Å². The predicted octanol–water partition coefficient (Wildman–Crippen LogP) is 8.60. The number of aryl methyl sites for hydroxylation is 1. The minimum atomic E-state index is -0.376. The molecule has 1 nitrogen and oxygen atoms in total. The monoisotopic (exact) mass is 431 g/mol. The van der Waals surface area contributed by atoms with Crippen molar-refractivity contribution in [2.45, 2.75) is 102 Å². The number of unbranched alkanes of at least 4 members (excludes halogenated alkanes) is 4. The maximum absolute atomic E-state index is 14.1. The first-order valence-corrected chi connectivity index (χ1v) is 13.0. The Morgan fingerprint density at radius 2 is 1.53 bits per heavy atom. The molecule has 0 spiro atoms. The lowest BCUT2D eigenvalue weighted by molar-refractivity contribution is 0.302. The van der Waals surface area contributed by atoms with Crippen LogP contribution in [0.4, 0.5) is 4.39 Å². The molecular formula is C30H38FN. The van der Waals surface area contributed by atoms with Crippen molar-refractivity contribution in [3.05, 3.63) is 70.0 Å². The predicted molar refractivity (Wildman–Crippen MR) is 130 cm³/mol. The average molecular weight is 432 g/mol. The molecule has 0 radical (unpaired) electrons. The highest BCUT2D eigenvalue weighted by molar-refractivity contribution is 5.42. The summed E-state index contributed by atoms with van der Waals surface area (Å²) < 4.78 is 14.1. The van der Waals surface area contributed by atoms with Gasteiger partial charge >= 0.3 is 0 Å². The third-order valence-electron chi connectivity index (χ3n) is 8.08. The fraction of sp³-hybridized carbons (Fsp3) is 0.567. The lowest BCUT2D eigenvalue weighted by Gasteiger charge is -2.29. The molecule has 2 aliphatic carbocycles. The standard InChI is InChI=1S/C30H38FN/c1-2-3-4-5-6-7-22-8-10-23(11-9-22)24-12-14-25(15-13-24)26-16-17-27-19-29(21-32)30(31)20-28(27)18-26/h12-15,19-20,22-23,26H,2-11,16-18H2,1H3. The van der Waals surface area contributed by atoms with Crippen LogP contribution in [0.15, 0.2) is 36.4 Å². The molecule has 1 saturated carbocycles. The SMILES string of the molecule is CCCCCCCC1CCC(c2ccc(C3CCc4cc(C#N)c(F)cc4C3)cc2)CC1. The molecule has 2 aromatic carbocycles. The van der Waals surface area contributed by atoms with Crippen molar-refractivity contribution in [1.29, 1.82) is 5.26 Å². The zero-order valence-corrected chi connectivity index (χ0v) is 19.7. The normalized spacial score (nSPS) is 22.8. The highest BCUT2D eigenvalue weighted by Crippen LogP contribution is 2.39. The Bertz CT molecular complexity index is 915. The molecule has 2 aliphatic rings. The summed E-state index contributed by atoms with van der Waals surface area (Å²) in [5, 5.41) is 9.07. The molecule has 2 heteroatoms. The van der Waals surface area contributed by atoms with Crippen molar-refractivity contribution in [1.82, 2.24) is 0 Å². The molecule has 1 fully saturated rings. The van der Waals surface area contributed by atoms with E-state index >= 15 is 0 Å². The lowest BCUT2D eigenvalue weighted by Crippen LogP contribution is -2.15. The highest BCUT2D eigenvalue weighted by atomic mass is 19.1. The number of hydrogen-bond donors (Lipinski definition) is 0. The molecule has 0 saturated heterocycles. The maximum Gasteiger partial charge on any atom is 0.141 e. The summed E-state index contributed by atoms with van der Waals surface area (Å²) in [6.07, 6.45) is 16.8. The summed E-state index contributed by atoms with van der Waals surface area (Å²) in [4.78, 5) is 0. The molecule has 0 aromatic heterocycles. The Kier molecular flexibility index (Phi) is 8.01. The molecule has 1 unspecified atom stereocenters. The highest BCUT2D eigenvalue weighted by Gasteiger charge is 2.24. The second kappa shape index (κ2) is 11.1. The van der Waals surface area contributed by atoms with Gasteiger partial charge in [-0.3, -0.25) is 0 Å². The average Bonchev–Trinajstić information content (AvgIpc) is 2.83. The molecule has 4 rings (SSSR count). The number of benzene rings is 2. The molecule has 0 aliphatic heterocycles. The largest absolute Gasteiger partial charge is 0.206 e. The van der Waals surface area contributed by atoms with E-state index in [4.69, 9.17) is 5.26 Å². The lowest BCUT2D eigenvalue weighted by atomic mass is 9.76. The van der Waals surface area contributed by atoms with Crippen molar-refractivity contribution < 1.29 is 4.39 Å². The minimum absolute atomic E-state index is 0.178. The van der Waals surface area contributed by atoms with Crippen LogP contribution in [0, 0.1) is 23.1 Å². The molecule has 0 amide bonds. The van der Waals surface area contributed by atoms with E-state index < -0.39 is 0 Å². The van der Waals surface area contributed by atoms with Gasteiger partial charge in [-0.25, -0.2) is 4.39 Å². The van der Waals surface area contributed by atoms with Crippen molar-refractivity contribution >= 4 is 0 Å². The van der Waals surface area contributed by atoms with Crippen LogP contribution in [0.3, 0.4) is 0 Å². The second-order valence-corrected chi connectivity index (χ2v) is 10.2. The van der Waals surface area contributed by atoms with E-state index in [0.29, 0.717) is 5.92 Å². The molecule has 0 bridgehead atoms. The zero-order chi connectivity index (χ0) is 22.3. The van der Waals surface area contributed by atoms with Gasteiger partial charge in [0.2, 0.25) is 0 Å². The number of halogens is 1. The zero-order valence-electron chi connectivity index (χ0n) is 19.7. The second-order valence-electron chi connectivity index (χ2n) is 10.2. The summed E-state index contributed by atoms with van der Waals surface area (Å²) >= 11 is 0. The van der Waals surface area contributed by atoms with Gasteiger partial charge in [-0.1, -0.05) is 69.7 Å². The van der Waals surface area contributed by atoms with E-state index in [-0.39, 0.29) is 11.4 Å². The van der Waals surface area contributed by atoms with Gasteiger partial charge in [0.1, 0.15) is 11.9 Å². The van der Waals surface area contributed by atoms with E-state index in [9.17, 15) is 4.39 Å². The van der Waals surface area contributed by atoms with Gasteiger partial charge in [0.05, 0.1) is 5.56 Å². The molecule has 0 heterocycles. The Labute approximate surface area is 194 Å². The number of nitrogens with zero attached hydrogens (tertiary/aromatic N) is 1. The minimum Gasteiger partial charge on any atom is -0.206 e. The summed E-state index contributed by atoms with van der Waals surface area (Å²) in [6.45, 7) is 2.29. The first-order valence-electron chi connectivity index (χ1n) is 13.0. The number of nitriles is 1. The topological polar surface area (TPSA) is 23.8 Å². The van der Waals surface area contributed by atoms with Crippen LogP contribution in [0.2, 0.25) is 0 Å². The smallest absolute Gasteiger partial charge is 0.141 e. The van der Waals surface area contributed by atoms with Gasteiger partial charge in [-0.05, 0) is 97.1 Å². The van der Waals surface area contributed by atoms with Crippen LogP contribution in [-0.2, 0) is 12.8 Å². The molecule has 32 heavy (non-hydrogen) atoms. The number of rotatable bonds is 8. The van der Waals surface area contributed by atoms with E-state index in [1.54, 1.807) is 12.1 Å². The van der Waals surface area contributed by atoms with Gasteiger partial charge in [-0.15, -0.1) is 0 Å². The quantitative estimate of drug-likeness (QED) is 0.384.